The van der Waals surface area contributed by atoms with Gasteiger partial charge in [0.15, 0.2) is 5.65 Å². The Labute approximate surface area is 208 Å². The molecule has 2 unspecified atom stereocenters. The van der Waals surface area contributed by atoms with Gasteiger partial charge in [-0.1, -0.05) is 26.0 Å². The lowest BCUT2D eigenvalue weighted by molar-refractivity contribution is 0.375. The van der Waals surface area contributed by atoms with Gasteiger partial charge in [-0.3, -0.25) is 18.6 Å². The third kappa shape index (κ3) is 4.26. The summed E-state index contributed by atoms with van der Waals surface area (Å²) in [6, 6.07) is 8.17. The van der Waals surface area contributed by atoms with E-state index < -0.39 is 0 Å². The van der Waals surface area contributed by atoms with Crippen molar-refractivity contribution in [2.45, 2.75) is 52.2 Å². The summed E-state index contributed by atoms with van der Waals surface area (Å²) >= 11 is 0. The number of aromatic nitrogens is 6. The van der Waals surface area contributed by atoms with Crippen LogP contribution >= 0.6 is 0 Å². The molecule has 10 nitrogen and oxygen atoms in total. The predicted molar refractivity (Wildman–Crippen MR) is 139 cm³/mol. The number of ether oxygens (including phenoxy) is 1. The summed E-state index contributed by atoms with van der Waals surface area (Å²) in [4.78, 5) is 34.0. The molecule has 4 heterocycles. The van der Waals surface area contributed by atoms with Gasteiger partial charge >= 0.3 is 5.69 Å². The lowest BCUT2D eigenvalue weighted by atomic mass is 9.92. The normalized spacial score (nSPS) is 16.6. The zero-order valence-corrected chi connectivity index (χ0v) is 21.0. The van der Waals surface area contributed by atoms with Gasteiger partial charge < -0.3 is 15.0 Å². The number of benzene rings is 1. The van der Waals surface area contributed by atoms with Crippen LogP contribution in [0.3, 0.4) is 0 Å². The van der Waals surface area contributed by atoms with E-state index in [-0.39, 0.29) is 17.3 Å². The minimum absolute atomic E-state index is 0.0455. The number of methoxy groups -OCH3 is 1. The van der Waals surface area contributed by atoms with Gasteiger partial charge in [0.1, 0.15) is 17.1 Å². The number of aromatic amines is 1. The molecule has 0 aliphatic carbocycles. The number of imidazole rings is 1. The first kappa shape index (κ1) is 24.1. The minimum Gasteiger partial charge on any atom is -0.497 e. The molecule has 0 spiro atoms. The summed E-state index contributed by atoms with van der Waals surface area (Å²) in [5.41, 5.74) is 2.04. The van der Waals surface area contributed by atoms with Crippen LogP contribution in [0.4, 0.5) is 0 Å². The summed E-state index contributed by atoms with van der Waals surface area (Å²) in [6.07, 6.45) is 6.25. The second kappa shape index (κ2) is 10.1. The highest BCUT2D eigenvalue weighted by molar-refractivity contribution is 5.75. The first-order valence-corrected chi connectivity index (χ1v) is 12.7. The average molecular weight is 492 g/mol. The molecule has 5 rings (SSSR count). The molecule has 10 heteroatoms. The van der Waals surface area contributed by atoms with Gasteiger partial charge in [-0.15, -0.1) is 0 Å². The summed E-state index contributed by atoms with van der Waals surface area (Å²) < 4.78 is 10.2. The Kier molecular flexibility index (Phi) is 6.77. The second-order valence-corrected chi connectivity index (χ2v) is 9.35. The standard InChI is InChI=1S/C26H33N7O3/c1-4-12-31-24-21(25(34)32(13-5-2)26(31)35)29-23(30-24)19-15-28-33(16-19)22(18-10-11-27-14-18)17-6-8-20(36-3)9-7-17/h6-9,15-16,18,22,27H,4-5,10-14H2,1-3H3,(H,29,30). The lowest BCUT2D eigenvalue weighted by Gasteiger charge is -2.24. The fourth-order valence-electron chi connectivity index (χ4n) is 5.15. The van der Waals surface area contributed by atoms with Crippen molar-refractivity contribution in [3.05, 3.63) is 63.1 Å². The maximum atomic E-state index is 13.1. The second-order valence-electron chi connectivity index (χ2n) is 9.35. The van der Waals surface area contributed by atoms with Crippen molar-refractivity contribution in [1.82, 2.24) is 34.2 Å². The van der Waals surface area contributed by atoms with Crippen molar-refractivity contribution < 1.29 is 4.74 Å². The van der Waals surface area contributed by atoms with E-state index in [2.05, 4.69) is 22.4 Å². The van der Waals surface area contributed by atoms with E-state index in [1.165, 1.54) is 4.57 Å². The Bertz CT molecular complexity index is 1460. The van der Waals surface area contributed by atoms with E-state index in [9.17, 15) is 9.59 Å². The van der Waals surface area contributed by atoms with Crippen LogP contribution in [0.2, 0.25) is 0 Å². The smallest absolute Gasteiger partial charge is 0.332 e. The van der Waals surface area contributed by atoms with Gasteiger partial charge in [0, 0.05) is 25.8 Å². The summed E-state index contributed by atoms with van der Waals surface area (Å²) in [7, 11) is 1.66. The van der Waals surface area contributed by atoms with Gasteiger partial charge in [-0.2, -0.15) is 5.10 Å². The molecule has 0 amide bonds. The number of fused-ring (bicyclic) bond motifs is 1. The molecule has 0 bridgehead atoms. The monoisotopic (exact) mass is 491 g/mol. The molecule has 1 aliphatic heterocycles. The number of aryl methyl sites for hydroxylation is 1. The van der Waals surface area contributed by atoms with Gasteiger partial charge in [0.05, 0.1) is 24.9 Å². The summed E-state index contributed by atoms with van der Waals surface area (Å²) in [5.74, 6) is 1.74. The van der Waals surface area contributed by atoms with E-state index >= 15 is 0 Å². The molecule has 1 aliphatic rings. The Morgan fingerprint density at radius 3 is 2.53 bits per heavy atom. The van der Waals surface area contributed by atoms with E-state index in [4.69, 9.17) is 14.8 Å². The van der Waals surface area contributed by atoms with Crippen LogP contribution < -0.4 is 21.3 Å². The topological polar surface area (TPSA) is 112 Å². The van der Waals surface area contributed by atoms with Crippen molar-refractivity contribution in [2.24, 2.45) is 5.92 Å². The maximum absolute atomic E-state index is 13.1. The molecule has 4 aromatic rings. The van der Waals surface area contributed by atoms with Gasteiger partial charge in [0.25, 0.3) is 5.56 Å². The lowest BCUT2D eigenvalue weighted by Crippen LogP contribution is -2.40. The van der Waals surface area contributed by atoms with Gasteiger partial charge in [-0.25, -0.2) is 9.78 Å². The predicted octanol–water partition coefficient (Wildman–Crippen LogP) is 2.78. The molecular weight excluding hydrogens is 458 g/mol. The van der Waals surface area contributed by atoms with Crippen molar-refractivity contribution in [1.29, 1.82) is 0 Å². The molecule has 1 aromatic carbocycles. The maximum Gasteiger partial charge on any atom is 0.332 e. The third-order valence-electron chi connectivity index (χ3n) is 6.92. The zero-order chi connectivity index (χ0) is 25.2. The first-order chi connectivity index (χ1) is 17.5. The fourth-order valence-corrected chi connectivity index (χ4v) is 5.15. The SMILES string of the molecule is CCCn1c(=O)c2[nH]c(-c3cnn(C(c4ccc(OC)cc4)C4CCNC4)c3)nc2n(CCC)c1=O. The molecular formula is C26H33N7O3. The van der Waals surface area contributed by atoms with Crippen molar-refractivity contribution in [2.75, 3.05) is 20.2 Å². The Morgan fingerprint density at radius 2 is 1.86 bits per heavy atom. The Morgan fingerprint density at radius 1 is 1.11 bits per heavy atom. The fraction of sp³-hybridized carbons (Fsp3) is 0.462. The van der Waals surface area contributed by atoms with E-state index in [0.717, 1.165) is 42.8 Å². The molecule has 1 fully saturated rings. The first-order valence-electron chi connectivity index (χ1n) is 12.7. The van der Waals surface area contributed by atoms with Crippen LogP contribution in [0.15, 0.2) is 46.2 Å². The van der Waals surface area contributed by atoms with Crippen LogP contribution in [-0.4, -0.2) is 49.1 Å². The Hall–Kier alpha value is -3.66. The van der Waals surface area contributed by atoms with Crippen LogP contribution in [0, 0.1) is 5.92 Å². The molecule has 0 radical (unpaired) electrons. The summed E-state index contributed by atoms with van der Waals surface area (Å²) in [6.45, 7) is 6.72. The quantitative estimate of drug-likeness (QED) is 0.372. The number of hydrogen-bond donors (Lipinski definition) is 2. The molecule has 2 atom stereocenters. The zero-order valence-electron chi connectivity index (χ0n) is 21.0. The third-order valence-corrected chi connectivity index (χ3v) is 6.92. The summed E-state index contributed by atoms with van der Waals surface area (Å²) in [5, 5.41) is 8.18. The van der Waals surface area contributed by atoms with E-state index in [0.29, 0.717) is 42.4 Å². The number of hydrogen-bond acceptors (Lipinski definition) is 6. The molecule has 190 valence electrons. The highest BCUT2D eigenvalue weighted by Gasteiger charge is 2.29. The molecule has 36 heavy (non-hydrogen) atoms. The van der Waals surface area contributed by atoms with Crippen LogP contribution in [-0.2, 0) is 13.1 Å². The van der Waals surface area contributed by atoms with Gasteiger partial charge in [-0.05, 0) is 49.4 Å². The minimum atomic E-state index is -0.330. The van der Waals surface area contributed by atoms with Crippen LogP contribution in [0.25, 0.3) is 22.6 Å². The Balaban J connectivity index is 1.58. The average Bonchev–Trinajstić information content (AvgIpc) is 3.67. The van der Waals surface area contributed by atoms with Crippen molar-refractivity contribution in [3.63, 3.8) is 0 Å². The molecule has 1 saturated heterocycles. The van der Waals surface area contributed by atoms with Crippen LogP contribution in [0.1, 0.15) is 44.7 Å². The largest absolute Gasteiger partial charge is 0.497 e. The number of nitrogens with zero attached hydrogens (tertiary/aromatic N) is 5. The highest BCUT2D eigenvalue weighted by atomic mass is 16.5. The number of nitrogens with one attached hydrogen (secondary N) is 2. The van der Waals surface area contributed by atoms with Crippen molar-refractivity contribution >= 4 is 11.2 Å². The molecule has 0 saturated carbocycles. The molecule has 3 aromatic heterocycles. The molecule has 2 N–H and O–H groups in total. The van der Waals surface area contributed by atoms with Gasteiger partial charge in [0.2, 0.25) is 0 Å². The highest BCUT2D eigenvalue weighted by Crippen LogP contribution is 2.32. The van der Waals surface area contributed by atoms with E-state index in [1.54, 1.807) is 17.9 Å². The van der Waals surface area contributed by atoms with E-state index in [1.807, 2.05) is 36.9 Å². The van der Waals surface area contributed by atoms with Crippen molar-refractivity contribution in [3.8, 4) is 17.1 Å². The number of rotatable bonds is 9. The van der Waals surface area contributed by atoms with Crippen LogP contribution in [0.5, 0.6) is 5.75 Å². The number of H-pyrrole nitrogens is 1.